The summed E-state index contributed by atoms with van der Waals surface area (Å²) in [6.07, 6.45) is 3.02. The molecule has 2 atom stereocenters. The average molecular weight is 578 g/mol. The van der Waals surface area contributed by atoms with E-state index in [9.17, 15) is 9.59 Å². The molecule has 3 rings (SSSR count). The minimum absolute atomic E-state index is 0.131. The second-order valence-electron chi connectivity index (χ2n) is 8.01. The SMILES string of the molecule is COc1ccc(CC(C)OC(=O)N(C)Cc2ncsc2C(COC=O)c2cncc(Br)c2)c(OC)c1. The summed E-state index contributed by atoms with van der Waals surface area (Å²) in [6, 6.07) is 7.45. The molecule has 1 aromatic carbocycles. The molecule has 9 nitrogen and oxygen atoms in total. The Bertz CT molecular complexity index is 1170. The van der Waals surface area contributed by atoms with Crippen LogP contribution in [0.5, 0.6) is 11.5 Å². The minimum atomic E-state index is -0.473. The van der Waals surface area contributed by atoms with Crippen molar-refractivity contribution in [2.75, 3.05) is 27.9 Å². The maximum Gasteiger partial charge on any atom is 0.410 e. The summed E-state index contributed by atoms with van der Waals surface area (Å²) < 4.78 is 22.3. The third-order valence-corrected chi connectivity index (χ3v) is 6.87. The second kappa shape index (κ2) is 13.2. The summed E-state index contributed by atoms with van der Waals surface area (Å²) in [7, 11) is 4.84. The minimum Gasteiger partial charge on any atom is -0.497 e. The van der Waals surface area contributed by atoms with Crippen molar-refractivity contribution in [2.45, 2.75) is 31.9 Å². The van der Waals surface area contributed by atoms with Crippen LogP contribution in [0.2, 0.25) is 0 Å². The van der Waals surface area contributed by atoms with Gasteiger partial charge in [-0.25, -0.2) is 9.78 Å². The van der Waals surface area contributed by atoms with E-state index in [1.807, 2.05) is 25.1 Å². The summed E-state index contributed by atoms with van der Waals surface area (Å²) in [5.74, 6) is 1.09. The van der Waals surface area contributed by atoms with E-state index in [0.29, 0.717) is 30.1 Å². The van der Waals surface area contributed by atoms with Crippen LogP contribution in [0.3, 0.4) is 0 Å². The van der Waals surface area contributed by atoms with Gasteiger partial charge in [-0.1, -0.05) is 6.07 Å². The number of pyridine rings is 1. The van der Waals surface area contributed by atoms with E-state index in [2.05, 4.69) is 25.9 Å². The Hall–Kier alpha value is -3.18. The van der Waals surface area contributed by atoms with Crippen LogP contribution in [0.25, 0.3) is 0 Å². The van der Waals surface area contributed by atoms with Gasteiger partial charge in [-0.15, -0.1) is 11.3 Å². The number of rotatable bonds is 12. The molecule has 2 aromatic heterocycles. The third kappa shape index (κ3) is 7.17. The Labute approximate surface area is 222 Å². The highest BCUT2D eigenvalue weighted by Gasteiger charge is 2.24. The Morgan fingerprint density at radius 3 is 2.72 bits per heavy atom. The first kappa shape index (κ1) is 27.4. The predicted octanol–water partition coefficient (Wildman–Crippen LogP) is 4.82. The highest BCUT2D eigenvalue weighted by atomic mass is 79.9. The van der Waals surface area contributed by atoms with Crippen LogP contribution in [-0.4, -0.2) is 61.4 Å². The van der Waals surface area contributed by atoms with Crippen molar-refractivity contribution < 1.29 is 28.5 Å². The number of methoxy groups -OCH3 is 2. The average Bonchev–Trinajstić information content (AvgIpc) is 3.32. The van der Waals surface area contributed by atoms with Crippen molar-refractivity contribution in [2.24, 2.45) is 0 Å². The molecule has 0 aliphatic heterocycles. The summed E-state index contributed by atoms with van der Waals surface area (Å²) in [6.45, 7) is 2.61. The van der Waals surface area contributed by atoms with Gasteiger partial charge in [-0.2, -0.15) is 0 Å². The summed E-state index contributed by atoms with van der Waals surface area (Å²) >= 11 is 4.87. The Balaban J connectivity index is 1.68. The smallest absolute Gasteiger partial charge is 0.410 e. The van der Waals surface area contributed by atoms with E-state index >= 15 is 0 Å². The lowest BCUT2D eigenvalue weighted by Gasteiger charge is -2.22. The quantitative estimate of drug-likeness (QED) is 0.282. The van der Waals surface area contributed by atoms with Gasteiger partial charge in [-0.05, 0) is 46.1 Å². The summed E-state index contributed by atoms with van der Waals surface area (Å²) in [5, 5.41) is 0. The normalized spacial score (nSPS) is 12.4. The lowest BCUT2D eigenvalue weighted by atomic mass is 9.98. The van der Waals surface area contributed by atoms with Crippen LogP contribution in [0.15, 0.2) is 46.6 Å². The van der Waals surface area contributed by atoms with Crippen molar-refractivity contribution >= 4 is 39.8 Å². The van der Waals surface area contributed by atoms with Crippen molar-refractivity contribution in [3.8, 4) is 11.5 Å². The van der Waals surface area contributed by atoms with E-state index in [0.717, 1.165) is 20.5 Å². The van der Waals surface area contributed by atoms with Crippen LogP contribution < -0.4 is 9.47 Å². The molecule has 36 heavy (non-hydrogen) atoms. The fourth-order valence-electron chi connectivity index (χ4n) is 3.68. The number of halogens is 1. The number of aromatic nitrogens is 2. The second-order valence-corrected chi connectivity index (χ2v) is 9.82. The van der Waals surface area contributed by atoms with Gasteiger partial charge in [0, 0.05) is 41.3 Å². The first-order chi connectivity index (χ1) is 17.4. The first-order valence-corrected chi connectivity index (χ1v) is 12.7. The number of amides is 1. The molecular weight excluding hydrogens is 550 g/mol. The lowest BCUT2D eigenvalue weighted by molar-refractivity contribution is -0.128. The molecule has 2 heterocycles. The highest BCUT2D eigenvalue weighted by molar-refractivity contribution is 9.10. The number of ether oxygens (including phenoxy) is 4. The zero-order chi connectivity index (χ0) is 26.1. The molecule has 3 aromatic rings. The Morgan fingerprint density at radius 2 is 2.03 bits per heavy atom. The van der Waals surface area contributed by atoms with Gasteiger partial charge < -0.3 is 23.8 Å². The molecule has 1 amide bonds. The molecule has 0 fully saturated rings. The fourth-order valence-corrected chi connectivity index (χ4v) is 4.98. The number of hydrogen-bond donors (Lipinski definition) is 0. The van der Waals surface area contributed by atoms with Gasteiger partial charge in [0.15, 0.2) is 0 Å². The molecule has 0 radical (unpaired) electrons. The van der Waals surface area contributed by atoms with E-state index in [4.69, 9.17) is 18.9 Å². The van der Waals surface area contributed by atoms with Crippen molar-refractivity contribution in [3.63, 3.8) is 0 Å². The molecule has 0 aliphatic carbocycles. The van der Waals surface area contributed by atoms with Crippen molar-refractivity contribution in [3.05, 3.63) is 68.3 Å². The van der Waals surface area contributed by atoms with Gasteiger partial charge in [0.2, 0.25) is 0 Å². The van der Waals surface area contributed by atoms with E-state index < -0.39 is 12.2 Å². The van der Waals surface area contributed by atoms with Crippen LogP contribution >= 0.6 is 27.3 Å². The maximum absolute atomic E-state index is 12.8. The molecule has 2 unspecified atom stereocenters. The number of benzene rings is 1. The number of carbonyl (C=O) groups excluding carboxylic acids is 2. The molecule has 0 spiro atoms. The zero-order valence-corrected chi connectivity index (χ0v) is 22.9. The number of hydrogen-bond acceptors (Lipinski definition) is 9. The summed E-state index contributed by atoms with van der Waals surface area (Å²) in [4.78, 5) is 34.8. The Kier molecular flexibility index (Phi) is 10.1. The van der Waals surface area contributed by atoms with E-state index in [-0.39, 0.29) is 19.1 Å². The summed E-state index contributed by atoms with van der Waals surface area (Å²) in [5.41, 5.74) is 4.18. The zero-order valence-electron chi connectivity index (χ0n) is 20.5. The standard InChI is InChI=1S/C25H28BrN3O6S/c1-16(7-17-5-6-20(32-3)9-23(17)33-4)35-25(31)29(2)12-22-24(36-14-28-22)21(13-34-15-30)18-8-19(26)11-27-10-18/h5-6,8-11,14-16,21H,7,12-13H2,1-4H3. The molecular formula is C25H28BrN3O6S. The Morgan fingerprint density at radius 1 is 1.22 bits per heavy atom. The number of nitrogens with zero attached hydrogens (tertiary/aromatic N) is 3. The van der Waals surface area contributed by atoms with Gasteiger partial charge in [-0.3, -0.25) is 9.78 Å². The van der Waals surface area contributed by atoms with Crippen LogP contribution in [0.4, 0.5) is 4.79 Å². The molecule has 0 bridgehead atoms. The van der Waals surface area contributed by atoms with Gasteiger partial charge in [0.25, 0.3) is 6.47 Å². The largest absolute Gasteiger partial charge is 0.497 e. The lowest BCUT2D eigenvalue weighted by Crippen LogP contribution is -2.31. The van der Waals surface area contributed by atoms with Gasteiger partial charge in [0.05, 0.1) is 37.9 Å². The first-order valence-electron chi connectivity index (χ1n) is 11.1. The van der Waals surface area contributed by atoms with E-state index in [1.54, 1.807) is 45.2 Å². The third-order valence-electron chi connectivity index (χ3n) is 5.45. The van der Waals surface area contributed by atoms with Crippen LogP contribution in [0.1, 0.15) is 34.5 Å². The van der Waals surface area contributed by atoms with Crippen LogP contribution in [-0.2, 0) is 27.2 Å². The van der Waals surface area contributed by atoms with Gasteiger partial charge in [0.1, 0.15) is 24.2 Å². The molecule has 192 valence electrons. The maximum atomic E-state index is 12.8. The monoisotopic (exact) mass is 577 g/mol. The topological polar surface area (TPSA) is 100 Å². The van der Waals surface area contributed by atoms with Gasteiger partial charge >= 0.3 is 6.09 Å². The molecule has 11 heteroatoms. The van der Waals surface area contributed by atoms with Crippen molar-refractivity contribution in [1.82, 2.24) is 14.9 Å². The number of thiazole rings is 1. The van der Waals surface area contributed by atoms with Crippen molar-refractivity contribution in [1.29, 1.82) is 0 Å². The molecule has 0 aliphatic rings. The predicted molar refractivity (Wildman–Crippen MR) is 139 cm³/mol. The molecule has 0 saturated heterocycles. The van der Waals surface area contributed by atoms with Crippen LogP contribution in [0, 0.1) is 0 Å². The van der Waals surface area contributed by atoms with E-state index in [1.165, 1.54) is 16.2 Å². The highest BCUT2D eigenvalue weighted by Crippen LogP contribution is 2.32. The molecule has 0 N–H and O–H groups in total. The fraction of sp³-hybridized carbons (Fsp3) is 0.360. The number of carbonyl (C=O) groups is 2. The molecule has 0 saturated carbocycles.